The van der Waals surface area contributed by atoms with Gasteiger partial charge in [0.05, 0.1) is 0 Å². The number of hydrogen-bond acceptors (Lipinski definition) is 5. The first-order chi connectivity index (χ1) is 10.0. The Kier molecular flexibility index (Phi) is 5.50. The Balaban J connectivity index is 1.97. The molecule has 0 radical (unpaired) electrons. The molecule has 0 saturated carbocycles. The molecule has 5 heteroatoms. The van der Waals surface area contributed by atoms with E-state index in [1.807, 2.05) is 48.5 Å². The van der Waals surface area contributed by atoms with Gasteiger partial charge in [-0.25, -0.2) is 0 Å². The molecule has 0 saturated heterocycles. The molecule has 21 heavy (non-hydrogen) atoms. The molecule has 112 valence electrons. The van der Waals surface area contributed by atoms with E-state index in [-0.39, 0.29) is 0 Å². The van der Waals surface area contributed by atoms with Crippen LogP contribution in [-0.2, 0) is 0 Å². The Labute approximate surface area is 128 Å². The van der Waals surface area contributed by atoms with Crippen LogP contribution in [0, 0.1) is 0 Å². The van der Waals surface area contributed by atoms with Crippen molar-refractivity contribution in [1.82, 2.24) is 0 Å². The molecular formula is C16H18O4S. The zero-order valence-corrected chi connectivity index (χ0v) is 12.7. The van der Waals surface area contributed by atoms with Crippen LogP contribution in [0.15, 0.2) is 58.3 Å². The molecule has 0 aliphatic rings. The van der Waals surface area contributed by atoms with Crippen LogP contribution in [0.3, 0.4) is 0 Å². The fourth-order valence-corrected chi connectivity index (χ4v) is 2.52. The van der Waals surface area contributed by atoms with Gasteiger partial charge in [0.2, 0.25) is 0 Å². The lowest BCUT2D eigenvalue weighted by Gasteiger charge is -2.10. The van der Waals surface area contributed by atoms with Gasteiger partial charge in [-0.1, -0.05) is 11.8 Å². The zero-order chi connectivity index (χ0) is 15.2. The molecule has 4 nitrogen and oxygen atoms in total. The summed E-state index contributed by atoms with van der Waals surface area (Å²) in [6.07, 6.45) is -1.63. The molecule has 0 aliphatic heterocycles. The van der Waals surface area contributed by atoms with Crippen LogP contribution >= 0.6 is 11.8 Å². The normalized spacial score (nSPS) is 13.5. The molecule has 0 amide bonds. The second kappa shape index (κ2) is 7.36. The van der Waals surface area contributed by atoms with Gasteiger partial charge < -0.3 is 19.7 Å². The van der Waals surface area contributed by atoms with Gasteiger partial charge in [-0.05, 0) is 62.4 Å². The topological polar surface area (TPSA) is 58.9 Å². The number of aliphatic hydroxyl groups is 2. The van der Waals surface area contributed by atoms with Crippen molar-refractivity contribution in [3.05, 3.63) is 48.5 Å². The van der Waals surface area contributed by atoms with Crippen LogP contribution in [0.5, 0.6) is 11.5 Å². The lowest BCUT2D eigenvalue weighted by Crippen LogP contribution is -2.09. The van der Waals surface area contributed by atoms with Crippen molar-refractivity contribution in [2.24, 2.45) is 0 Å². The Morgan fingerprint density at radius 1 is 0.714 bits per heavy atom. The number of aliphatic hydroxyl groups excluding tert-OH is 2. The monoisotopic (exact) mass is 306 g/mol. The van der Waals surface area contributed by atoms with Crippen molar-refractivity contribution in [3.8, 4) is 11.5 Å². The third-order valence-electron chi connectivity index (χ3n) is 2.50. The largest absolute Gasteiger partial charge is 0.465 e. The molecule has 2 aromatic rings. The highest BCUT2D eigenvalue weighted by Crippen LogP contribution is 2.30. The third-order valence-corrected chi connectivity index (χ3v) is 3.51. The Hall–Kier alpha value is -1.69. The van der Waals surface area contributed by atoms with E-state index in [9.17, 15) is 0 Å². The maximum absolute atomic E-state index is 9.14. The van der Waals surface area contributed by atoms with Gasteiger partial charge >= 0.3 is 0 Å². The lowest BCUT2D eigenvalue weighted by molar-refractivity contribution is -0.000906. The molecule has 2 N–H and O–H groups in total. The lowest BCUT2D eigenvalue weighted by atomic mass is 10.3. The molecule has 0 bridgehead atoms. The molecular weight excluding hydrogens is 288 g/mol. The minimum atomic E-state index is -0.815. The molecule has 0 spiro atoms. The summed E-state index contributed by atoms with van der Waals surface area (Å²) in [5.74, 6) is 1.27. The van der Waals surface area contributed by atoms with Crippen LogP contribution in [0.2, 0.25) is 0 Å². The van der Waals surface area contributed by atoms with Gasteiger partial charge in [0.1, 0.15) is 11.5 Å². The van der Waals surface area contributed by atoms with Gasteiger partial charge in [-0.15, -0.1) is 0 Å². The second-order valence-electron chi connectivity index (χ2n) is 4.48. The number of rotatable bonds is 6. The van der Waals surface area contributed by atoms with Gasteiger partial charge in [0.15, 0.2) is 12.6 Å². The predicted octanol–water partition coefficient (Wildman–Crippen LogP) is 3.27. The fourth-order valence-electron chi connectivity index (χ4n) is 1.70. The molecule has 0 aliphatic carbocycles. The molecule has 0 aromatic heterocycles. The zero-order valence-electron chi connectivity index (χ0n) is 11.9. The Morgan fingerprint density at radius 2 is 1.05 bits per heavy atom. The molecule has 0 fully saturated rings. The van der Waals surface area contributed by atoms with Crippen LogP contribution in [-0.4, -0.2) is 22.8 Å². The standard InChI is InChI=1S/C16H18O4S/c1-11(17)19-13-3-7-15(8-4-13)21-16-9-5-14(6-10-16)20-12(2)18/h3-12,17-18H,1-2H3. The summed E-state index contributed by atoms with van der Waals surface area (Å²) in [5, 5.41) is 18.3. The summed E-state index contributed by atoms with van der Waals surface area (Å²) in [4.78, 5) is 2.13. The summed E-state index contributed by atoms with van der Waals surface area (Å²) in [6.45, 7) is 3.14. The van der Waals surface area contributed by atoms with Gasteiger partial charge in [-0.2, -0.15) is 0 Å². The molecule has 2 unspecified atom stereocenters. The van der Waals surface area contributed by atoms with Crippen molar-refractivity contribution in [3.63, 3.8) is 0 Å². The highest BCUT2D eigenvalue weighted by molar-refractivity contribution is 7.99. The average molecular weight is 306 g/mol. The molecule has 2 aromatic carbocycles. The summed E-state index contributed by atoms with van der Waals surface area (Å²) >= 11 is 1.61. The smallest absolute Gasteiger partial charge is 0.194 e. The number of benzene rings is 2. The van der Waals surface area contributed by atoms with E-state index >= 15 is 0 Å². The van der Waals surface area contributed by atoms with Gasteiger partial charge in [0, 0.05) is 9.79 Å². The molecule has 2 rings (SSSR count). The SMILES string of the molecule is CC(O)Oc1ccc(Sc2ccc(OC(C)O)cc2)cc1. The van der Waals surface area contributed by atoms with E-state index in [4.69, 9.17) is 19.7 Å². The Morgan fingerprint density at radius 3 is 1.33 bits per heavy atom. The molecule has 2 atom stereocenters. The quantitative estimate of drug-likeness (QED) is 0.802. The van der Waals surface area contributed by atoms with Crippen molar-refractivity contribution >= 4 is 11.8 Å². The van der Waals surface area contributed by atoms with Crippen molar-refractivity contribution in [2.75, 3.05) is 0 Å². The maximum atomic E-state index is 9.14. The van der Waals surface area contributed by atoms with Crippen LogP contribution in [0.4, 0.5) is 0 Å². The fraction of sp³-hybridized carbons (Fsp3) is 0.250. The van der Waals surface area contributed by atoms with E-state index in [0.717, 1.165) is 9.79 Å². The van der Waals surface area contributed by atoms with Crippen molar-refractivity contribution in [1.29, 1.82) is 0 Å². The van der Waals surface area contributed by atoms with E-state index in [2.05, 4.69) is 0 Å². The first-order valence-electron chi connectivity index (χ1n) is 6.60. The van der Waals surface area contributed by atoms with Crippen molar-refractivity contribution < 1.29 is 19.7 Å². The number of hydrogen-bond donors (Lipinski definition) is 2. The average Bonchev–Trinajstić information content (AvgIpc) is 2.42. The maximum Gasteiger partial charge on any atom is 0.194 e. The highest BCUT2D eigenvalue weighted by Gasteiger charge is 2.02. The van der Waals surface area contributed by atoms with Crippen LogP contribution in [0.25, 0.3) is 0 Å². The minimum Gasteiger partial charge on any atom is -0.465 e. The Bertz CT molecular complexity index is 498. The van der Waals surface area contributed by atoms with Crippen molar-refractivity contribution in [2.45, 2.75) is 36.2 Å². The van der Waals surface area contributed by atoms with Gasteiger partial charge in [-0.3, -0.25) is 0 Å². The summed E-state index contributed by atoms with van der Waals surface area (Å²) < 4.78 is 10.4. The van der Waals surface area contributed by atoms with E-state index in [0.29, 0.717) is 11.5 Å². The van der Waals surface area contributed by atoms with E-state index < -0.39 is 12.6 Å². The minimum absolute atomic E-state index is 0.634. The summed E-state index contributed by atoms with van der Waals surface area (Å²) in [5.41, 5.74) is 0. The van der Waals surface area contributed by atoms with E-state index in [1.165, 1.54) is 0 Å². The number of ether oxygens (including phenoxy) is 2. The van der Waals surface area contributed by atoms with Crippen LogP contribution < -0.4 is 9.47 Å². The first-order valence-corrected chi connectivity index (χ1v) is 7.42. The van der Waals surface area contributed by atoms with Crippen LogP contribution in [0.1, 0.15) is 13.8 Å². The third kappa shape index (κ3) is 5.30. The first kappa shape index (κ1) is 15.7. The van der Waals surface area contributed by atoms with Gasteiger partial charge in [0.25, 0.3) is 0 Å². The second-order valence-corrected chi connectivity index (χ2v) is 5.63. The highest BCUT2D eigenvalue weighted by atomic mass is 32.2. The predicted molar refractivity (Wildman–Crippen MR) is 81.6 cm³/mol. The summed E-state index contributed by atoms with van der Waals surface area (Å²) in [6, 6.07) is 15.0. The molecule has 0 heterocycles. The summed E-state index contributed by atoms with van der Waals surface area (Å²) in [7, 11) is 0. The van der Waals surface area contributed by atoms with E-state index in [1.54, 1.807) is 25.6 Å².